The highest BCUT2D eigenvalue weighted by Crippen LogP contribution is 2.20. The minimum atomic E-state index is -0.502. The molecule has 4 heteroatoms. The lowest BCUT2D eigenvalue weighted by Crippen LogP contribution is -2.43. The van der Waals surface area contributed by atoms with Gasteiger partial charge >= 0.3 is 0 Å². The minimum Gasteiger partial charge on any atom is -0.391 e. The molecule has 0 radical (unpaired) electrons. The molecule has 15 heavy (non-hydrogen) atoms. The van der Waals surface area contributed by atoms with E-state index in [0.29, 0.717) is 12.8 Å². The molecule has 4 nitrogen and oxygen atoms in total. The fourth-order valence-electron chi connectivity index (χ4n) is 1.31. The second-order valence-electron chi connectivity index (χ2n) is 5.18. The van der Waals surface area contributed by atoms with Crippen molar-refractivity contribution in [3.05, 3.63) is 0 Å². The molecule has 0 aromatic rings. The van der Waals surface area contributed by atoms with Crippen molar-refractivity contribution in [1.82, 2.24) is 5.32 Å². The van der Waals surface area contributed by atoms with E-state index in [2.05, 4.69) is 26.1 Å². The van der Waals surface area contributed by atoms with Gasteiger partial charge in [0.1, 0.15) is 0 Å². The highest BCUT2D eigenvalue weighted by atomic mass is 16.3. The average Bonchev–Trinajstić information content (AvgIpc) is 2.10. The van der Waals surface area contributed by atoms with Crippen molar-refractivity contribution in [2.75, 3.05) is 6.54 Å². The van der Waals surface area contributed by atoms with Gasteiger partial charge in [0.2, 0.25) is 5.91 Å². The number of amides is 1. The van der Waals surface area contributed by atoms with Crippen molar-refractivity contribution < 1.29 is 9.90 Å². The van der Waals surface area contributed by atoms with E-state index in [9.17, 15) is 9.90 Å². The van der Waals surface area contributed by atoms with Crippen molar-refractivity contribution in [2.45, 2.75) is 52.7 Å². The molecule has 0 rings (SSSR count). The third-order valence-electron chi connectivity index (χ3n) is 2.14. The molecule has 0 aromatic heterocycles. The van der Waals surface area contributed by atoms with E-state index in [-0.39, 0.29) is 17.9 Å². The van der Waals surface area contributed by atoms with Gasteiger partial charge in [0.25, 0.3) is 0 Å². The van der Waals surface area contributed by atoms with Crippen LogP contribution in [0.2, 0.25) is 0 Å². The van der Waals surface area contributed by atoms with Gasteiger partial charge in [-0.05, 0) is 18.3 Å². The molecule has 0 bridgehead atoms. The van der Waals surface area contributed by atoms with Crippen LogP contribution in [0.15, 0.2) is 0 Å². The zero-order valence-electron chi connectivity index (χ0n) is 10.2. The highest BCUT2D eigenvalue weighted by molar-refractivity contribution is 5.81. The third kappa shape index (κ3) is 7.33. The van der Waals surface area contributed by atoms with E-state index in [1.807, 2.05) is 6.92 Å². The molecule has 0 fully saturated rings. The second kappa shape index (κ2) is 6.08. The van der Waals surface area contributed by atoms with Crippen LogP contribution in [-0.2, 0) is 4.79 Å². The Morgan fingerprint density at radius 1 is 1.47 bits per heavy atom. The number of aliphatic hydroxyl groups is 1. The fraction of sp³-hybridized carbons (Fsp3) is 0.909. The smallest absolute Gasteiger partial charge is 0.236 e. The Kier molecular flexibility index (Phi) is 5.83. The Balaban J connectivity index is 3.81. The molecule has 0 aromatic carbocycles. The molecule has 0 aliphatic heterocycles. The van der Waals surface area contributed by atoms with Crippen molar-refractivity contribution in [1.29, 1.82) is 0 Å². The normalized spacial score (nSPS) is 15.9. The summed E-state index contributed by atoms with van der Waals surface area (Å²) < 4.78 is 0. The summed E-state index contributed by atoms with van der Waals surface area (Å²) in [5.74, 6) is -0.189. The van der Waals surface area contributed by atoms with Gasteiger partial charge in [-0.15, -0.1) is 0 Å². The number of rotatable bonds is 5. The van der Waals surface area contributed by atoms with Crippen molar-refractivity contribution in [3.63, 3.8) is 0 Å². The van der Waals surface area contributed by atoms with Crippen molar-refractivity contribution in [2.24, 2.45) is 11.1 Å². The van der Waals surface area contributed by atoms with Gasteiger partial charge in [0.05, 0.1) is 12.1 Å². The van der Waals surface area contributed by atoms with Crippen LogP contribution >= 0.6 is 0 Å². The Bertz CT molecular complexity index is 199. The zero-order chi connectivity index (χ0) is 12.1. The van der Waals surface area contributed by atoms with Gasteiger partial charge in [-0.1, -0.05) is 27.7 Å². The van der Waals surface area contributed by atoms with Crippen LogP contribution in [0.5, 0.6) is 0 Å². The van der Waals surface area contributed by atoms with E-state index in [0.717, 1.165) is 0 Å². The summed E-state index contributed by atoms with van der Waals surface area (Å²) in [5, 5.41) is 12.3. The summed E-state index contributed by atoms with van der Waals surface area (Å²) in [6, 6.07) is -0.466. The summed E-state index contributed by atoms with van der Waals surface area (Å²) >= 11 is 0. The van der Waals surface area contributed by atoms with Gasteiger partial charge in [-0.3, -0.25) is 4.79 Å². The van der Waals surface area contributed by atoms with Gasteiger partial charge < -0.3 is 16.2 Å². The summed E-state index contributed by atoms with van der Waals surface area (Å²) in [6.07, 6.45) is 0.772. The minimum absolute atomic E-state index is 0.0665. The molecule has 0 spiro atoms. The third-order valence-corrected chi connectivity index (χ3v) is 2.14. The van der Waals surface area contributed by atoms with Crippen LogP contribution in [0.4, 0.5) is 0 Å². The predicted molar refractivity (Wildman–Crippen MR) is 61.4 cm³/mol. The number of hydrogen-bond donors (Lipinski definition) is 3. The van der Waals surface area contributed by atoms with Crippen LogP contribution in [0, 0.1) is 5.41 Å². The molecule has 90 valence electrons. The Morgan fingerprint density at radius 2 is 2.00 bits per heavy atom. The van der Waals surface area contributed by atoms with Crippen LogP contribution in [0.25, 0.3) is 0 Å². The van der Waals surface area contributed by atoms with Gasteiger partial charge in [-0.25, -0.2) is 0 Å². The predicted octanol–water partition coefficient (Wildman–Crippen LogP) is 0.637. The maximum atomic E-state index is 11.3. The molecule has 4 N–H and O–H groups in total. The van der Waals surface area contributed by atoms with Gasteiger partial charge in [0, 0.05) is 6.54 Å². The first-order chi connectivity index (χ1) is 6.76. The van der Waals surface area contributed by atoms with E-state index in [4.69, 9.17) is 5.73 Å². The first-order valence-corrected chi connectivity index (χ1v) is 5.47. The Labute approximate surface area is 92.2 Å². The summed E-state index contributed by atoms with van der Waals surface area (Å²) in [7, 11) is 0. The number of hydrogen-bond acceptors (Lipinski definition) is 3. The fourth-order valence-corrected chi connectivity index (χ4v) is 1.31. The highest BCUT2D eigenvalue weighted by Gasteiger charge is 2.18. The lowest BCUT2D eigenvalue weighted by atomic mass is 9.89. The number of nitrogens with two attached hydrogens (primary N) is 1. The number of nitrogens with one attached hydrogen (secondary N) is 1. The molecule has 1 amide bonds. The average molecular weight is 216 g/mol. The molecule has 0 heterocycles. The summed E-state index contributed by atoms with van der Waals surface area (Å²) in [5.41, 5.74) is 5.60. The van der Waals surface area contributed by atoms with Gasteiger partial charge in [-0.2, -0.15) is 0 Å². The molecular weight excluding hydrogens is 192 g/mol. The quantitative estimate of drug-likeness (QED) is 0.631. The first kappa shape index (κ1) is 14.4. The number of aliphatic hydroxyl groups excluding tert-OH is 1. The van der Waals surface area contributed by atoms with Crippen LogP contribution in [-0.4, -0.2) is 29.7 Å². The standard InChI is InChI=1S/C11H24N2O2/c1-5-9(12)10(15)13-7-8(14)6-11(2,3)4/h8-9,14H,5-7,12H2,1-4H3,(H,13,15)/t8?,9-/m0/s1. The lowest BCUT2D eigenvalue weighted by molar-refractivity contribution is -0.123. The summed E-state index contributed by atoms with van der Waals surface area (Å²) in [4.78, 5) is 11.3. The number of carbonyl (C=O) groups is 1. The summed E-state index contributed by atoms with van der Waals surface area (Å²) in [6.45, 7) is 8.29. The SMILES string of the molecule is CC[C@H](N)C(=O)NCC(O)CC(C)(C)C. The van der Waals surface area contributed by atoms with Crippen LogP contribution in [0.1, 0.15) is 40.5 Å². The van der Waals surface area contributed by atoms with Crippen LogP contribution < -0.4 is 11.1 Å². The van der Waals surface area contributed by atoms with E-state index < -0.39 is 12.1 Å². The van der Waals surface area contributed by atoms with Crippen molar-refractivity contribution in [3.8, 4) is 0 Å². The zero-order valence-corrected chi connectivity index (χ0v) is 10.2. The number of carbonyl (C=O) groups excluding carboxylic acids is 1. The van der Waals surface area contributed by atoms with E-state index in [1.54, 1.807) is 0 Å². The van der Waals surface area contributed by atoms with E-state index in [1.165, 1.54) is 0 Å². The van der Waals surface area contributed by atoms with Gasteiger partial charge in [0.15, 0.2) is 0 Å². The molecule has 0 aliphatic rings. The first-order valence-electron chi connectivity index (χ1n) is 5.47. The molecule has 0 aliphatic carbocycles. The maximum Gasteiger partial charge on any atom is 0.236 e. The molecule has 0 saturated heterocycles. The van der Waals surface area contributed by atoms with E-state index >= 15 is 0 Å². The van der Waals surface area contributed by atoms with Crippen molar-refractivity contribution >= 4 is 5.91 Å². The molecular formula is C11H24N2O2. The maximum absolute atomic E-state index is 11.3. The molecule has 0 saturated carbocycles. The topological polar surface area (TPSA) is 75.4 Å². The van der Waals surface area contributed by atoms with Crippen LogP contribution in [0.3, 0.4) is 0 Å². The lowest BCUT2D eigenvalue weighted by Gasteiger charge is -2.22. The molecule has 1 unspecified atom stereocenters. The largest absolute Gasteiger partial charge is 0.391 e. The molecule has 2 atom stereocenters. The monoisotopic (exact) mass is 216 g/mol. The second-order valence-corrected chi connectivity index (χ2v) is 5.18. The Hall–Kier alpha value is -0.610. The Morgan fingerprint density at radius 3 is 2.40 bits per heavy atom.